The molecule has 8 nitrogen and oxygen atoms in total. The van der Waals surface area contributed by atoms with Crippen molar-refractivity contribution in [2.24, 2.45) is 0 Å². The van der Waals surface area contributed by atoms with E-state index in [1.165, 1.54) is 0 Å². The highest BCUT2D eigenvalue weighted by molar-refractivity contribution is 5.39. The molecule has 0 saturated carbocycles. The Kier molecular flexibility index (Phi) is 7.52. The van der Waals surface area contributed by atoms with Crippen molar-refractivity contribution in [1.82, 2.24) is 0 Å². The Bertz CT molecular complexity index is 785. The molecule has 30 heavy (non-hydrogen) atoms. The summed E-state index contributed by atoms with van der Waals surface area (Å²) in [5.41, 5.74) is 2.17. The number of aryl methyl sites for hydroxylation is 2. The van der Waals surface area contributed by atoms with Crippen molar-refractivity contribution < 1.29 is 39.4 Å². The summed E-state index contributed by atoms with van der Waals surface area (Å²) < 4.78 is 21.6. The number of aliphatic hydroxyl groups is 4. The van der Waals surface area contributed by atoms with E-state index in [0.717, 1.165) is 35.5 Å². The highest BCUT2D eigenvalue weighted by Crippen LogP contribution is 2.26. The zero-order chi connectivity index (χ0) is 21.7. The molecule has 3 rings (SSSR count). The molecule has 0 aromatic heterocycles. The van der Waals surface area contributed by atoms with E-state index in [4.69, 9.17) is 18.9 Å². The maximum Gasteiger partial charge on any atom is 0.229 e. The van der Waals surface area contributed by atoms with Gasteiger partial charge in [-0.25, -0.2) is 0 Å². The Hall–Kier alpha value is -2.36. The maximum absolute atomic E-state index is 10.1. The lowest BCUT2D eigenvalue weighted by atomic mass is 9.99. The average molecular weight is 420 g/mol. The molecule has 4 N–H and O–H groups in total. The summed E-state index contributed by atoms with van der Waals surface area (Å²) in [4.78, 5) is 0. The predicted molar refractivity (Wildman–Crippen MR) is 108 cm³/mol. The molecule has 0 bridgehead atoms. The van der Waals surface area contributed by atoms with Gasteiger partial charge in [0.2, 0.25) is 6.29 Å². The summed E-state index contributed by atoms with van der Waals surface area (Å²) in [6, 6.07) is 13.0. The van der Waals surface area contributed by atoms with Crippen molar-refractivity contribution in [3.63, 3.8) is 0 Å². The fourth-order valence-corrected chi connectivity index (χ4v) is 3.33. The highest BCUT2D eigenvalue weighted by atomic mass is 16.7. The van der Waals surface area contributed by atoms with E-state index in [1.807, 2.05) is 30.3 Å². The minimum Gasteiger partial charge on any atom is -0.497 e. The lowest BCUT2D eigenvalue weighted by Gasteiger charge is -2.39. The van der Waals surface area contributed by atoms with Crippen LogP contribution in [-0.4, -0.2) is 72.0 Å². The molecule has 164 valence electrons. The highest BCUT2D eigenvalue weighted by Gasteiger charge is 2.44. The molecule has 2 aromatic rings. The molecule has 0 aliphatic carbocycles. The molecule has 8 heteroatoms. The molecule has 1 aliphatic rings. The Morgan fingerprint density at radius 3 is 1.93 bits per heavy atom. The van der Waals surface area contributed by atoms with Crippen LogP contribution in [0.15, 0.2) is 42.5 Å². The van der Waals surface area contributed by atoms with E-state index in [1.54, 1.807) is 26.4 Å². The van der Waals surface area contributed by atoms with Crippen LogP contribution in [0.1, 0.15) is 11.1 Å². The standard InChI is InChI=1S/C22H28O8/c1-27-16-9-14(10-17(11-16)28-2)4-3-13-5-7-15(8-6-13)29-22-21(26)20(25)19(24)18(12-23)30-22/h5-11,18-26H,3-4,12H2,1-2H3/t18-,19-,20+,21-,22-/m1/s1. The van der Waals surface area contributed by atoms with E-state index >= 15 is 0 Å². The predicted octanol–water partition coefficient (Wildman–Crippen LogP) is 0.668. The molecule has 1 fully saturated rings. The Balaban J connectivity index is 1.60. The quantitative estimate of drug-likeness (QED) is 0.492. The SMILES string of the molecule is COc1cc(CCc2ccc(O[C@@H]3O[C@H](CO)[C@@H](O)[C@H](O)[C@H]3O)cc2)cc(OC)c1. The second-order valence-corrected chi connectivity index (χ2v) is 7.18. The van der Waals surface area contributed by atoms with Crippen molar-refractivity contribution in [3.05, 3.63) is 53.6 Å². The Morgan fingerprint density at radius 1 is 0.767 bits per heavy atom. The van der Waals surface area contributed by atoms with Gasteiger partial charge in [0.05, 0.1) is 20.8 Å². The van der Waals surface area contributed by atoms with Gasteiger partial charge in [0.25, 0.3) is 0 Å². The lowest BCUT2D eigenvalue weighted by molar-refractivity contribution is -0.277. The molecule has 0 spiro atoms. The first-order chi connectivity index (χ1) is 14.4. The van der Waals surface area contributed by atoms with Gasteiger partial charge in [-0.1, -0.05) is 12.1 Å². The van der Waals surface area contributed by atoms with Gasteiger partial charge in [0, 0.05) is 6.07 Å². The summed E-state index contributed by atoms with van der Waals surface area (Å²) >= 11 is 0. The minimum atomic E-state index is -1.47. The normalized spacial score (nSPS) is 26.3. The van der Waals surface area contributed by atoms with E-state index in [9.17, 15) is 20.4 Å². The summed E-state index contributed by atoms with van der Waals surface area (Å²) in [5, 5.41) is 39.0. The molecular formula is C22H28O8. The molecule has 1 heterocycles. The van der Waals surface area contributed by atoms with Crippen LogP contribution in [0.2, 0.25) is 0 Å². The topological polar surface area (TPSA) is 118 Å². The third-order valence-corrected chi connectivity index (χ3v) is 5.14. The molecule has 2 aromatic carbocycles. The fraction of sp³-hybridized carbons (Fsp3) is 0.455. The van der Waals surface area contributed by atoms with Crippen LogP contribution in [0.4, 0.5) is 0 Å². The molecule has 0 unspecified atom stereocenters. The molecular weight excluding hydrogens is 392 g/mol. The van der Waals surface area contributed by atoms with Crippen molar-refractivity contribution in [2.75, 3.05) is 20.8 Å². The molecule has 5 atom stereocenters. The number of ether oxygens (including phenoxy) is 4. The number of benzene rings is 2. The van der Waals surface area contributed by atoms with Gasteiger partial charge < -0.3 is 39.4 Å². The van der Waals surface area contributed by atoms with E-state index < -0.39 is 37.3 Å². The van der Waals surface area contributed by atoms with Crippen LogP contribution in [-0.2, 0) is 17.6 Å². The Labute approximate surface area is 175 Å². The van der Waals surface area contributed by atoms with Gasteiger partial charge in [0.1, 0.15) is 41.7 Å². The first-order valence-corrected chi connectivity index (χ1v) is 9.73. The van der Waals surface area contributed by atoms with E-state index in [-0.39, 0.29) is 0 Å². The van der Waals surface area contributed by atoms with E-state index in [2.05, 4.69) is 0 Å². The van der Waals surface area contributed by atoms with Crippen LogP contribution in [0.5, 0.6) is 17.2 Å². The Morgan fingerprint density at radius 2 is 1.37 bits per heavy atom. The number of aliphatic hydroxyl groups excluding tert-OH is 4. The molecule has 1 saturated heterocycles. The van der Waals surface area contributed by atoms with E-state index in [0.29, 0.717) is 5.75 Å². The minimum absolute atomic E-state index is 0.436. The molecule has 1 aliphatic heterocycles. The number of hydrogen-bond donors (Lipinski definition) is 4. The average Bonchev–Trinajstić information content (AvgIpc) is 2.78. The number of rotatable bonds is 8. The summed E-state index contributed by atoms with van der Waals surface area (Å²) in [6.07, 6.45) is -4.95. The van der Waals surface area contributed by atoms with Crippen molar-refractivity contribution in [2.45, 2.75) is 43.5 Å². The maximum atomic E-state index is 10.1. The second-order valence-electron chi connectivity index (χ2n) is 7.18. The summed E-state index contributed by atoms with van der Waals surface area (Å²) in [5.74, 6) is 1.92. The first-order valence-electron chi connectivity index (χ1n) is 9.73. The van der Waals surface area contributed by atoms with Gasteiger partial charge >= 0.3 is 0 Å². The third-order valence-electron chi connectivity index (χ3n) is 5.14. The van der Waals surface area contributed by atoms with Crippen LogP contribution in [0.25, 0.3) is 0 Å². The van der Waals surface area contributed by atoms with Crippen LogP contribution in [0.3, 0.4) is 0 Å². The molecule has 0 amide bonds. The first kappa shape index (κ1) is 22.3. The number of hydrogen-bond acceptors (Lipinski definition) is 8. The van der Waals surface area contributed by atoms with Gasteiger partial charge in [0.15, 0.2) is 0 Å². The van der Waals surface area contributed by atoms with Gasteiger partial charge in [-0.15, -0.1) is 0 Å². The second kappa shape index (κ2) is 10.1. The monoisotopic (exact) mass is 420 g/mol. The lowest BCUT2D eigenvalue weighted by Crippen LogP contribution is -2.60. The van der Waals surface area contributed by atoms with Gasteiger partial charge in [-0.05, 0) is 48.2 Å². The van der Waals surface area contributed by atoms with Crippen LogP contribution < -0.4 is 14.2 Å². The smallest absolute Gasteiger partial charge is 0.229 e. The zero-order valence-electron chi connectivity index (χ0n) is 17.0. The summed E-state index contributed by atoms with van der Waals surface area (Å²) in [6.45, 7) is -0.501. The van der Waals surface area contributed by atoms with Gasteiger partial charge in [-0.3, -0.25) is 0 Å². The fourth-order valence-electron chi connectivity index (χ4n) is 3.33. The van der Waals surface area contributed by atoms with Crippen LogP contribution >= 0.6 is 0 Å². The van der Waals surface area contributed by atoms with Crippen LogP contribution in [0, 0.1) is 0 Å². The summed E-state index contributed by atoms with van der Waals surface area (Å²) in [7, 11) is 3.24. The zero-order valence-corrected chi connectivity index (χ0v) is 17.0. The van der Waals surface area contributed by atoms with Crippen molar-refractivity contribution in [1.29, 1.82) is 0 Å². The largest absolute Gasteiger partial charge is 0.497 e. The van der Waals surface area contributed by atoms with Crippen molar-refractivity contribution >= 4 is 0 Å². The number of methoxy groups -OCH3 is 2. The molecule has 0 radical (unpaired) electrons. The third kappa shape index (κ3) is 5.21. The van der Waals surface area contributed by atoms with Gasteiger partial charge in [-0.2, -0.15) is 0 Å². The van der Waals surface area contributed by atoms with Crippen molar-refractivity contribution in [3.8, 4) is 17.2 Å².